The van der Waals surface area contributed by atoms with Gasteiger partial charge in [-0.05, 0) is 45.9 Å². The summed E-state index contributed by atoms with van der Waals surface area (Å²) < 4.78 is 17.0. The third-order valence-electron chi connectivity index (χ3n) is 1.28. The molecule has 0 radical (unpaired) electrons. The Morgan fingerprint density at radius 3 is 2.14 bits per heavy atom. The molecular weight excluding hydrogens is 225 g/mol. The quantitative estimate of drug-likeness (QED) is 0.529. The maximum Gasteiger partial charge on any atom is 0.386 e. The lowest BCUT2D eigenvalue weighted by Gasteiger charge is -2.29. The molecule has 0 aliphatic carbocycles. The fourth-order valence-electron chi connectivity index (χ4n) is 0.933. The van der Waals surface area contributed by atoms with E-state index in [1.165, 1.54) is 4.83 Å². The van der Waals surface area contributed by atoms with E-state index in [1.807, 2.05) is 20.8 Å². The molecule has 0 aliphatic heterocycles. The van der Waals surface area contributed by atoms with Crippen molar-refractivity contribution in [1.82, 2.24) is 4.83 Å². The Morgan fingerprint density at radius 2 is 1.86 bits per heavy atom. The molecule has 86 valence electrons. The van der Waals surface area contributed by atoms with Crippen LogP contribution < -0.4 is 0 Å². The summed E-state index contributed by atoms with van der Waals surface area (Å²) in [5, 5.41) is 0. The average Bonchev–Trinajstić information content (AvgIpc) is 1.96. The SMILES string of the molecule is CCON(C(C)C)P(=O)(Cl)OC(C)C. The zero-order valence-corrected chi connectivity index (χ0v) is 11.0. The monoisotopic (exact) mass is 243 g/mol. The van der Waals surface area contributed by atoms with Crippen LogP contribution in [0.25, 0.3) is 0 Å². The van der Waals surface area contributed by atoms with E-state index in [-0.39, 0.29) is 12.1 Å². The van der Waals surface area contributed by atoms with Gasteiger partial charge in [0.25, 0.3) is 0 Å². The molecular formula is C8H19ClNO3P. The highest BCUT2D eigenvalue weighted by molar-refractivity contribution is 7.83. The smallest absolute Gasteiger partial charge is 0.302 e. The van der Waals surface area contributed by atoms with E-state index in [0.29, 0.717) is 6.61 Å². The molecule has 0 fully saturated rings. The van der Waals surface area contributed by atoms with E-state index in [4.69, 9.17) is 20.6 Å². The zero-order chi connectivity index (χ0) is 11.4. The van der Waals surface area contributed by atoms with Crippen LogP contribution in [0, 0.1) is 0 Å². The highest BCUT2D eigenvalue weighted by atomic mass is 35.7. The first-order valence-electron chi connectivity index (χ1n) is 4.72. The van der Waals surface area contributed by atoms with Gasteiger partial charge in [-0.3, -0.25) is 9.40 Å². The molecule has 0 aromatic carbocycles. The molecule has 0 rings (SSSR count). The Labute approximate surface area is 90.8 Å². The lowest BCUT2D eigenvalue weighted by molar-refractivity contribution is -0.110. The Morgan fingerprint density at radius 1 is 1.36 bits per heavy atom. The number of hydroxylamine groups is 1. The zero-order valence-electron chi connectivity index (χ0n) is 9.36. The Bertz CT molecular complexity index is 211. The van der Waals surface area contributed by atoms with Gasteiger partial charge in [-0.25, -0.2) is 0 Å². The maximum atomic E-state index is 11.9. The molecule has 0 aromatic rings. The fourth-order valence-corrected chi connectivity index (χ4v) is 3.48. The lowest BCUT2D eigenvalue weighted by Crippen LogP contribution is -2.28. The first-order valence-corrected chi connectivity index (χ1v) is 7.20. The number of nitrogens with zero attached hydrogens (tertiary/aromatic N) is 1. The molecule has 1 unspecified atom stereocenters. The largest absolute Gasteiger partial charge is 0.386 e. The summed E-state index contributed by atoms with van der Waals surface area (Å²) in [4.78, 5) is 6.41. The van der Waals surface area contributed by atoms with Gasteiger partial charge in [0.1, 0.15) is 0 Å². The minimum Gasteiger partial charge on any atom is -0.302 e. The predicted octanol–water partition coefficient (Wildman–Crippen LogP) is 3.42. The molecule has 6 heteroatoms. The molecule has 0 N–H and O–H groups in total. The summed E-state index contributed by atoms with van der Waals surface area (Å²) in [6.45, 7) is 6.11. The van der Waals surface area contributed by atoms with Gasteiger partial charge in [0.2, 0.25) is 0 Å². The topological polar surface area (TPSA) is 38.8 Å². The molecule has 0 bridgehead atoms. The highest BCUT2D eigenvalue weighted by Gasteiger charge is 2.33. The number of rotatable bonds is 6. The van der Waals surface area contributed by atoms with Crippen molar-refractivity contribution >= 4 is 18.1 Å². The third-order valence-corrected chi connectivity index (χ3v) is 3.70. The second-order valence-electron chi connectivity index (χ2n) is 3.42. The summed E-state index contributed by atoms with van der Waals surface area (Å²) in [6.07, 6.45) is -0.194. The van der Waals surface area contributed by atoms with Crippen LogP contribution in [-0.2, 0) is 13.9 Å². The van der Waals surface area contributed by atoms with E-state index in [2.05, 4.69) is 0 Å². The van der Waals surface area contributed by atoms with Crippen molar-refractivity contribution < 1.29 is 13.9 Å². The van der Waals surface area contributed by atoms with Crippen LogP contribution in [0.3, 0.4) is 0 Å². The van der Waals surface area contributed by atoms with Gasteiger partial charge in [0, 0.05) is 6.04 Å². The molecule has 1 atom stereocenters. The summed E-state index contributed by atoms with van der Waals surface area (Å²) in [6, 6.07) is -0.0861. The molecule has 0 aliphatic rings. The van der Waals surface area contributed by atoms with Crippen LogP contribution >= 0.6 is 18.1 Å². The normalized spacial score (nSPS) is 16.6. The molecule has 0 amide bonds. The van der Waals surface area contributed by atoms with E-state index >= 15 is 0 Å². The Balaban J connectivity index is 4.54. The number of hydrogen-bond acceptors (Lipinski definition) is 3. The molecule has 0 aromatic heterocycles. The van der Waals surface area contributed by atoms with Crippen LogP contribution in [0.5, 0.6) is 0 Å². The third kappa shape index (κ3) is 4.76. The standard InChI is InChI=1S/C8H19ClNO3P/c1-6-12-10(7(2)3)14(9,11)13-8(4)5/h7-8H,6H2,1-5H3. The molecule has 0 heterocycles. The molecule has 0 saturated carbocycles. The van der Waals surface area contributed by atoms with Gasteiger partial charge in [-0.2, -0.15) is 0 Å². The number of halogens is 1. The lowest BCUT2D eigenvalue weighted by atomic mass is 10.4. The van der Waals surface area contributed by atoms with Crippen LogP contribution in [0.2, 0.25) is 0 Å². The van der Waals surface area contributed by atoms with Crippen molar-refractivity contribution in [2.45, 2.75) is 46.8 Å². The van der Waals surface area contributed by atoms with Crippen LogP contribution in [-0.4, -0.2) is 23.6 Å². The summed E-state index contributed by atoms with van der Waals surface area (Å²) in [5.74, 6) is 0. The van der Waals surface area contributed by atoms with Crippen LogP contribution in [0.4, 0.5) is 0 Å². The van der Waals surface area contributed by atoms with Crippen LogP contribution in [0.1, 0.15) is 34.6 Å². The second-order valence-corrected chi connectivity index (χ2v) is 6.21. The van der Waals surface area contributed by atoms with Crippen molar-refractivity contribution in [3.8, 4) is 0 Å². The van der Waals surface area contributed by atoms with Crippen LogP contribution in [0.15, 0.2) is 0 Å². The van der Waals surface area contributed by atoms with E-state index < -0.39 is 6.87 Å². The van der Waals surface area contributed by atoms with Crippen molar-refractivity contribution in [3.63, 3.8) is 0 Å². The molecule has 4 nitrogen and oxygen atoms in total. The highest BCUT2D eigenvalue weighted by Crippen LogP contribution is 2.57. The summed E-state index contributed by atoms with van der Waals surface area (Å²) in [5.41, 5.74) is 0. The van der Waals surface area contributed by atoms with Gasteiger partial charge >= 0.3 is 6.87 Å². The predicted molar refractivity (Wildman–Crippen MR) is 58.3 cm³/mol. The minimum absolute atomic E-state index is 0.0861. The van der Waals surface area contributed by atoms with Crippen molar-refractivity contribution in [2.24, 2.45) is 0 Å². The van der Waals surface area contributed by atoms with Gasteiger partial charge in [-0.15, -0.1) is 0 Å². The molecule has 0 spiro atoms. The fraction of sp³-hybridized carbons (Fsp3) is 1.00. The van der Waals surface area contributed by atoms with E-state index in [0.717, 1.165) is 0 Å². The average molecular weight is 244 g/mol. The van der Waals surface area contributed by atoms with E-state index in [1.54, 1.807) is 13.8 Å². The maximum absolute atomic E-state index is 11.9. The van der Waals surface area contributed by atoms with Gasteiger partial charge in [0.05, 0.1) is 12.7 Å². The second kappa shape index (κ2) is 6.09. The van der Waals surface area contributed by atoms with E-state index in [9.17, 15) is 4.57 Å². The first kappa shape index (κ1) is 14.4. The Hall–Kier alpha value is 0.400. The van der Waals surface area contributed by atoms with Crippen molar-refractivity contribution in [1.29, 1.82) is 0 Å². The van der Waals surface area contributed by atoms with Gasteiger partial charge < -0.3 is 4.52 Å². The summed E-state index contributed by atoms with van der Waals surface area (Å²) >= 11 is 5.81. The number of hydrogen-bond donors (Lipinski definition) is 0. The molecule has 14 heavy (non-hydrogen) atoms. The minimum atomic E-state index is -3.35. The van der Waals surface area contributed by atoms with Gasteiger partial charge in [-0.1, -0.05) is 4.83 Å². The summed E-state index contributed by atoms with van der Waals surface area (Å²) in [7, 11) is 0. The first-order chi connectivity index (χ1) is 6.31. The van der Waals surface area contributed by atoms with Crippen molar-refractivity contribution in [3.05, 3.63) is 0 Å². The molecule has 0 saturated heterocycles. The van der Waals surface area contributed by atoms with Crippen molar-refractivity contribution in [2.75, 3.05) is 6.61 Å². The van der Waals surface area contributed by atoms with Gasteiger partial charge in [0.15, 0.2) is 0 Å². The Kier molecular flexibility index (Phi) is 6.26.